The average molecular weight is 436 g/mol. The molecule has 2 aromatic heterocycles. The number of anilines is 1. The molecule has 12 nitrogen and oxygen atoms in total. The van der Waals surface area contributed by atoms with Crippen LogP contribution in [0.5, 0.6) is 0 Å². The Bertz CT molecular complexity index is 1100. The largest absolute Gasteiger partial charge is 0.435 e. The number of imidazole rings is 1. The molecule has 3 aromatic rings. The molecule has 0 aliphatic rings. The van der Waals surface area contributed by atoms with E-state index < -0.39 is 21.7 Å². The maximum atomic E-state index is 12.0. The van der Waals surface area contributed by atoms with Gasteiger partial charge in [0.2, 0.25) is 0 Å². The van der Waals surface area contributed by atoms with Crippen molar-refractivity contribution in [3.63, 3.8) is 0 Å². The smallest absolute Gasteiger partial charge is 0.390 e. The zero-order chi connectivity index (χ0) is 21.0. The van der Waals surface area contributed by atoms with Gasteiger partial charge in [0.1, 0.15) is 17.8 Å². The number of amides is 1. The second kappa shape index (κ2) is 9.60. The summed E-state index contributed by atoms with van der Waals surface area (Å²) in [6, 6.07) is 4.71. The van der Waals surface area contributed by atoms with Gasteiger partial charge >= 0.3 is 5.95 Å². The Morgan fingerprint density at radius 3 is 2.57 bits per heavy atom. The molecule has 0 spiro atoms. The summed E-state index contributed by atoms with van der Waals surface area (Å²) in [6.07, 6.45) is 4.15. The van der Waals surface area contributed by atoms with Crippen molar-refractivity contribution in [2.24, 2.45) is 0 Å². The number of carbonyl (C=O) groups excluding carboxylic acids is 1. The highest BCUT2D eigenvalue weighted by atomic mass is 35.5. The summed E-state index contributed by atoms with van der Waals surface area (Å²) in [5.41, 5.74) is 1.81. The third kappa shape index (κ3) is 4.78. The number of fused-ring (bicyclic) bond motifs is 1. The van der Waals surface area contributed by atoms with Crippen molar-refractivity contribution < 1.29 is 14.6 Å². The fraction of sp³-hybridized carbons (Fsp3) is 0.235. The second-order valence-electron chi connectivity index (χ2n) is 6.13. The zero-order valence-electron chi connectivity index (χ0n) is 15.8. The number of hydrogen-bond donors (Lipinski definition) is 2. The van der Waals surface area contributed by atoms with Gasteiger partial charge in [-0.15, -0.1) is 12.4 Å². The molecular weight excluding hydrogens is 418 g/mol. The quantitative estimate of drug-likeness (QED) is 0.309. The van der Waals surface area contributed by atoms with Crippen LogP contribution in [0.1, 0.15) is 5.56 Å². The van der Waals surface area contributed by atoms with Gasteiger partial charge in [-0.25, -0.2) is 4.57 Å². The monoisotopic (exact) mass is 435 g/mol. The molecule has 0 saturated carbocycles. The van der Waals surface area contributed by atoms with Gasteiger partial charge in [-0.1, -0.05) is 11.1 Å². The Hall–Kier alpha value is -3.80. The minimum Gasteiger partial charge on any atom is -0.390 e. The number of nitrogens with one attached hydrogen (secondary N) is 2. The predicted molar refractivity (Wildman–Crippen MR) is 111 cm³/mol. The summed E-state index contributed by atoms with van der Waals surface area (Å²) >= 11 is 0. The summed E-state index contributed by atoms with van der Waals surface area (Å²) in [5, 5.41) is 28.3. The number of aromatic nitrogens is 3. The molecule has 0 atom stereocenters. The molecular formula is C17H18ClN7O5. The van der Waals surface area contributed by atoms with Gasteiger partial charge in [0, 0.05) is 25.4 Å². The van der Waals surface area contributed by atoms with Gasteiger partial charge in [0.15, 0.2) is 6.54 Å². The summed E-state index contributed by atoms with van der Waals surface area (Å²) < 4.78 is 1.13. The van der Waals surface area contributed by atoms with Crippen molar-refractivity contribution in [3.05, 3.63) is 62.6 Å². The number of nitrogens with zero attached hydrogens (tertiary/aromatic N) is 5. The highest BCUT2D eigenvalue weighted by Crippen LogP contribution is 2.32. The van der Waals surface area contributed by atoms with E-state index in [4.69, 9.17) is 0 Å². The van der Waals surface area contributed by atoms with Crippen molar-refractivity contribution in [1.82, 2.24) is 19.9 Å². The number of pyridine rings is 1. The van der Waals surface area contributed by atoms with Crippen LogP contribution in [0.15, 0.2) is 36.8 Å². The molecule has 0 unspecified atom stereocenters. The van der Waals surface area contributed by atoms with Crippen molar-refractivity contribution >= 4 is 46.5 Å². The first-order chi connectivity index (χ1) is 13.9. The van der Waals surface area contributed by atoms with Gasteiger partial charge < -0.3 is 20.7 Å². The number of carbonyl (C=O) groups is 1. The van der Waals surface area contributed by atoms with Crippen LogP contribution in [0.25, 0.3) is 10.9 Å². The van der Waals surface area contributed by atoms with E-state index in [2.05, 4.69) is 20.6 Å². The first-order valence-corrected chi connectivity index (χ1v) is 8.57. The average Bonchev–Trinajstić information content (AvgIpc) is 3.14. The molecule has 1 aromatic carbocycles. The summed E-state index contributed by atoms with van der Waals surface area (Å²) in [6.45, 7) is 2.09. The van der Waals surface area contributed by atoms with E-state index in [0.717, 1.165) is 10.1 Å². The van der Waals surface area contributed by atoms with E-state index in [1.807, 2.05) is 6.92 Å². The van der Waals surface area contributed by atoms with Gasteiger partial charge in [-0.3, -0.25) is 19.9 Å². The highest BCUT2D eigenvalue weighted by molar-refractivity contribution is 6.00. The molecule has 2 heterocycles. The molecule has 2 N–H and O–H groups in total. The lowest BCUT2D eigenvalue weighted by Crippen LogP contribution is -2.31. The molecule has 0 aliphatic carbocycles. The van der Waals surface area contributed by atoms with Crippen LogP contribution in [-0.4, -0.2) is 43.4 Å². The number of hydrogen-bond acceptors (Lipinski definition) is 8. The third-order valence-electron chi connectivity index (χ3n) is 4.20. The molecule has 158 valence electrons. The van der Waals surface area contributed by atoms with Crippen molar-refractivity contribution in [2.45, 2.75) is 13.5 Å². The minimum absolute atomic E-state index is 0. The van der Waals surface area contributed by atoms with Crippen LogP contribution in [0, 0.1) is 27.2 Å². The summed E-state index contributed by atoms with van der Waals surface area (Å²) in [5.74, 6) is -0.835. The van der Waals surface area contributed by atoms with Gasteiger partial charge in [0.25, 0.3) is 11.6 Å². The van der Waals surface area contributed by atoms with Crippen LogP contribution in [-0.2, 0) is 11.3 Å². The SMILES string of the molecule is Cc1ccc([N+](=O)[O-])c2c(NCCNC(=O)Cn3ccnc3[N+](=O)[O-])ccnc12.Cl. The lowest BCUT2D eigenvalue weighted by atomic mass is 10.1. The van der Waals surface area contributed by atoms with E-state index in [1.54, 1.807) is 18.3 Å². The minimum atomic E-state index is -0.668. The second-order valence-corrected chi connectivity index (χ2v) is 6.13. The number of non-ortho nitro benzene ring substituents is 1. The predicted octanol–water partition coefficient (Wildman–Crippen LogP) is 2.21. The van der Waals surface area contributed by atoms with Gasteiger partial charge in [-0.05, 0) is 23.5 Å². The van der Waals surface area contributed by atoms with E-state index in [0.29, 0.717) is 23.1 Å². The third-order valence-corrected chi connectivity index (χ3v) is 4.20. The first-order valence-electron chi connectivity index (χ1n) is 8.57. The fourth-order valence-electron chi connectivity index (χ4n) is 2.89. The van der Waals surface area contributed by atoms with Crippen molar-refractivity contribution in [2.75, 3.05) is 18.4 Å². The van der Waals surface area contributed by atoms with Crippen molar-refractivity contribution in [3.8, 4) is 0 Å². The van der Waals surface area contributed by atoms with Crippen molar-refractivity contribution in [1.29, 1.82) is 0 Å². The van der Waals surface area contributed by atoms with E-state index >= 15 is 0 Å². The Labute approximate surface area is 176 Å². The Kier molecular flexibility index (Phi) is 7.20. The lowest BCUT2D eigenvalue weighted by molar-refractivity contribution is -0.396. The zero-order valence-corrected chi connectivity index (χ0v) is 16.6. The molecule has 0 bridgehead atoms. The molecule has 0 fully saturated rings. The van der Waals surface area contributed by atoms with Gasteiger partial charge in [-0.2, -0.15) is 0 Å². The summed E-state index contributed by atoms with van der Waals surface area (Å²) in [7, 11) is 0. The van der Waals surface area contributed by atoms with Gasteiger partial charge in [0.05, 0.1) is 16.1 Å². The molecule has 30 heavy (non-hydrogen) atoms. The lowest BCUT2D eigenvalue weighted by Gasteiger charge is -2.11. The molecule has 0 radical (unpaired) electrons. The fourth-order valence-corrected chi connectivity index (χ4v) is 2.89. The van der Waals surface area contributed by atoms with Crippen LogP contribution in [0.2, 0.25) is 0 Å². The normalized spacial score (nSPS) is 10.3. The van der Waals surface area contributed by atoms with Crippen LogP contribution in [0.3, 0.4) is 0 Å². The number of nitro groups is 2. The number of benzene rings is 1. The molecule has 3 rings (SSSR count). The topological polar surface area (TPSA) is 158 Å². The van der Waals surface area contributed by atoms with E-state index in [-0.39, 0.29) is 31.2 Å². The van der Waals surface area contributed by atoms with E-state index in [1.165, 1.54) is 18.5 Å². The number of halogens is 1. The molecule has 0 saturated heterocycles. The number of rotatable bonds is 8. The standard InChI is InChI=1S/C17H17N7O5.ClH/c1-11-2-3-13(23(26)27)15-12(4-5-20-16(11)15)18-6-7-19-14(25)10-22-9-8-21-17(22)24(28)29;/h2-5,8-9H,6-7,10H2,1H3,(H,18,20)(H,19,25);1H. The van der Waals surface area contributed by atoms with Crippen LogP contribution < -0.4 is 10.6 Å². The maximum Gasteiger partial charge on any atom is 0.435 e. The molecule has 0 aliphatic heterocycles. The number of nitro benzene ring substituents is 1. The maximum absolute atomic E-state index is 12.0. The first kappa shape index (κ1) is 22.5. The van der Waals surface area contributed by atoms with Crippen LogP contribution in [0.4, 0.5) is 17.3 Å². The molecule has 1 amide bonds. The Balaban J connectivity index is 0.00000320. The summed E-state index contributed by atoms with van der Waals surface area (Å²) in [4.78, 5) is 40.8. The van der Waals surface area contributed by atoms with Crippen LogP contribution >= 0.6 is 12.4 Å². The number of aryl methyl sites for hydroxylation is 1. The Morgan fingerprint density at radius 2 is 1.87 bits per heavy atom. The van der Waals surface area contributed by atoms with E-state index in [9.17, 15) is 25.0 Å². The Morgan fingerprint density at radius 1 is 1.10 bits per heavy atom. The molecule has 13 heteroatoms. The highest BCUT2D eigenvalue weighted by Gasteiger charge is 2.18.